The van der Waals surface area contributed by atoms with Crippen LogP contribution in [0.4, 0.5) is 0 Å². The number of phenolic OH excluding ortho intramolecular Hbond substituents is 1. The molecule has 3 aromatic carbocycles. The molecule has 0 radical (unpaired) electrons. The van der Waals surface area contributed by atoms with Crippen LogP contribution in [0.15, 0.2) is 90.0 Å². The summed E-state index contributed by atoms with van der Waals surface area (Å²) in [6.45, 7) is 0. The minimum atomic E-state index is -0.402. The van der Waals surface area contributed by atoms with Crippen molar-refractivity contribution >= 4 is 12.1 Å². The molecule has 6 nitrogen and oxygen atoms in total. The third-order valence-electron chi connectivity index (χ3n) is 4.36. The summed E-state index contributed by atoms with van der Waals surface area (Å²) in [7, 11) is 0. The van der Waals surface area contributed by atoms with Crippen molar-refractivity contribution in [3.63, 3.8) is 0 Å². The maximum Gasteiger partial charge on any atom is 0.289 e. The number of aromatic nitrogens is 2. The van der Waals surface area contributed by atoms with Crippen LogP contribution in [0, 0.1) is 0 Å². The summed E-state index contributed by atoms with van der Waals surface area (Å²) >= 11 is 0. The second kappa shape index (κ2) is 8.22. The lowest BCUT2D eigenvalue weighted by atomic mass is 10.0. The molecule has 0 spiro atoms. The van der Waals surface area contributed by atoms with Crippen molar-refractivity contribution < 1.29 is 9.90 Å². The smallest absolute Gasteiger partial charge is 0.289 e. The first-order chi connectivity index (χ1) is 14.2. The second-order valence-corrected chi connectivity index (χ2v) is 6.40. The van der Waals surface area contributed by atoms with E-state index in [-0.39, 0.29) is 5.75 Å². The van der Waals surface area contributed by atoms with Gasteiger partial charge in [-0.15, -0.1) is 0 Å². The number of benzene rings is 3. The molecule has 1 heterocycles. The minimum absolute atomic E-state index is 0.136. The number of carbonyl (C=O) groups is 1. The Morgan fingerprint density at radius 1 is 0.897 bits per heavy atom. The highest BCUT2D eigenvalue weighted by Gasteiger charge is 2.10. The van der Waals surface area contributed by atoms with Crippen LogP contribution in [0.5, 0.6) is 5.75 Å². The first-order valence-electron chi connectivity index (χ1n) is 9.03. The molecule has 1 amide bonds. The van der Waals surface area contributed by atoms with Crippen molar-refractivity contribution in [1.29, 1.82) is 0 Å². The van der Waals surface area contributed by atoms with Gasteiger partial charge in [-0.25, -0.2) is 5.43 Å². The quantitative estimate of drug-likeness (QED) is 0.357. The fourth-order valence-electron chi connectivity index (χ4n) is 2.88. The summed E-state index contributed by atoms with van der Waals surface area (Å²) in [6, 6.07) is 26.4. The van der Waals surface area contributed by atoms with Crippen molar-refractivity contribution in [3.8, 4) is 28.1 Å². The zero-order valence-corrected chi connectivity index (χ0v) is 15.4. The number of rotatable bonds is 5. The Morgan fingerprint density at radius 2 is 1.62 bits per heavy atom. The fraction of sp³-hybridized carbons (Fsp3) is 0. The minimum Gasteiger partial charge on any atom is -0.508 e. The third-order valence-corrected chi connectivity index (χ3v) is 4.36. The van der Waals surface area contributed by atoms with Gasteiger partial charge in [0, 0.05) is 5.56 Å². The van der Waals surface area contributed by atoms with Crippen molar-refractivity contribution in [2.75, 3.05) is 0 Å². The van der Waals surface area contributed by atoms with Gasteiger partial charge in [-0.3, -0.25) is 9.89 Å². The number of phenols is 1. The number of H-pyrrole nitrogens is 1. The van der Waals surface area contributed by atoms with Gasteiger partial charge in [-0.1, -0.05) is 66.7 Å². The summed E-state index contributed by atoms with van der Waals surface area (Å²) in [5.41, 5.74) is 7.26. The van der Waals surface area contributed by atoms with Gasteiger partial charge in [0.05, 0.1) is 11.9 Å². The fourth-order valence-corrected chi connectivity index (χ4v) is 2.88. The summed E-state index contributed by atoms with van der Waals surface area (Å²) in [5.74, 6) is -0.266. The van der Waals surface area contributed by atoms with Crippen LogP contribution in [-0.4, -0.2) is 27.4 Å². The molecule has 6 heteroatoms. The number of hydrogen-bond donors (Lipinski definition) is 3. The molecular weight excluding hydrogens is 364 g/mol. The molecule has 0 unspecified atom stereocenters. The highest BCUT2D eigenvalue weighted by atomic mass is 16.3. The standard InChI is InChI=1S/C23H18N4O2/c28-20-8-4-5-16(13-20)15-24-27-23(29)22-14-21(25-26-22)19-11-9-18(10-12-19)17-6-2-1-3-7-17/h1-15,28H,(H,25,26)(H,27,29)/b24-15+. The van der Waals surface area contributed by atoms with Crippen LogP contribution < -0.4 is 5.43 Å². The van der Waals surface area contributed by atoms with E-state index in [9.17, 15) is 9.90 Å². The maximum absolute atomic E-state index is 12.2. The van der Waals surface area contributed by atoms with Gasteiger partial charge in [0.1, 0.15) is 11.4 Å². The molecule has 0 aliphatic rings. The highest BCUT2D eigenvalue weighted by Crippen LogP contribution is 2.24. The van der Waals surface area contributed by atoms with E-state index in [0.717, 1.165) is 16.7 Å². The summed E-state index contributed by atoms with van der Waals surface area (Å²) in [4.78, 5) is 12.2. The van der Waals surface area contributed by atoms with E-state index in [0.29, 0.717) is 17.0 Å². The van der Waals surface area contributed by atoms with Crippen LogP contribution in [0.3, 0.4) is 0 Å². The van der Waals surface area contributed by atoms with E-state index in [2.05, 4.69) is 32.9 Å². The summed E-state index contributed by atoms with van der Waals surface area (Å²) in [6.07, 6.45) is 1.46. The number of nitrogens with zero attached hydrogens (tertiary/aromatic N) is 2. The number of aromatic amines is 1. The molecule has 4 aromatic rings. The van der Waals surface area contributed by atoms with Gasteiger partial charge < -0.3 is 5.11 Å². The molecule has 29 heavy (non-hydrogen) atoms. The Balaban J connectivity index is 1.43. The number of nitrogens with one attached hydrogen (secondary N) is 2. The van der Waals surface area contributed by atoms with Crippen LogP contribution >= 0.6 is 0 Å². The van der Waals surface area contributed by atoms with Crippen LogP contribution in [-0.2, 0) is 0 Å². The van der Waals surface area contributed by atoms with Gasteiger partial charge in [-0.2, -0.15) is 10.2 Å². The molecule has 0 atom stereocenters. The lowest BCUT2D eigenvalue weighted by Gasteiger charge is -2.02. The first-order valence-corrected chi connectivity index (χ1v) is 9.03. The molecule has 3 N–H and O–H groups in total. The molecule has 1 aromatic heterocycles. The maximum atomic E-state index is 12.2. The molecule has 0 saturated heterocycles. The van der Waals surface area contributed by atoms with Crippen LogP contribution in [0.2, 0.25) is 0 Å². The van der Waals surface area contributed by atoms with Crippen molar-refractivity contribution in [2.45, 2.75) is 0 Å². The molecule has 0 aliphatic heterocycles. The van der Waals surface area contributed by atoms with Gasteiger partial charge in [0.25, 0.3) is 5.91 Å². The van der Waals surface area contributed by atoms with E-state index >= 15 is 0 Å². The van der Waals surface area contributed by atoms with Gasteiger partial charge >= 0.3 is 0 Å². The van der Waals surface area contributed by atoms with Crippen LogP contribution in [0.25, 0.3) is 22.4 Å². The van der Waals surface area contributed by atoms with E-state index < -0.39 is 5.91 Å². The van der Waals surface area contributed by atoms with E-state index in [1.807, 2.05) is 42.5 Å². The highest BCUT2D eigenvalue weighted by molar-refractivity contribution is 5.94. The molecule has 4 rings (SSSR count). The van der Waals surface area contributed by atoms with E-state index in [1.165, 1.54) is 6.21 Å². The average molecular weight is 382 g/mol. The van der Waals surface area contributed by atoms with Gasteiger partial charge in [-0.05, 0) is 34.9 Å². The third kappa shape index (κ3) is 4.39. The Morgan fingerprint density at radius 3 is 2.38 bits per heavy atom. The van der Waals surface area contributed by atoms with Crippen molar-refractivity contribution in [1.82, 2.24) is 15.6 Å². The van der Waals surface area contributed by atoms with E-state index in [4.69, 9.17) is 0 Å². The molecule has 0 bridgehead atoms. The number of amides is 1. The summed E-state index contributed by atoms with van der Waals surface area (Å²) in [5, 5.41) is 20.3. The topological polar surface area (TPSA) is 90.4 Å². The molecule has 0 fully saturated rings. The van der Waals surface area contributed by atoms with Crippen molar-refractivity contribution in [2.24, 2.45) is 5.10 Å². The Bertz CT molecular complexity index is 1150. The number of hydrazone groups is 1. The van der Waals surface area contributed by atoms with Gasteiger partial charge in [0.15, 0.2) is 0 Å². The second-order valence-electron chi connectivity index (χ2n) is 6.40. The monoisotopic (exact) mass is 382 g/mol. The SMILES string of the molecule is O=C(N/N=C/c1cccc(O)c1)c1cc(-c2ccc(-c3ccccc3)cc2)n[nH]1. The zero-order valence-electron chi connectivity index (χ0n) is 15.4. The zero-order chi connectivity index (χ0) is 20.1. The number of hydrogen-bond acceptors (Lipinski definition) is 4. The lowest BCUT2D eigenvalue weighted by molar-refractivity contribution is 0.0950. The summed E-state index contributed by atoms with van der Waals surface area (Å²) < 4.78 is 0. The predicted octanol–water partition coefficient (Wildman–Crippen LogP) is 4.21. The lowest BCUT2D eigenvalue weighted by Crippen LogP contribution is -2.17. The Kier molecular flexibility index (Phi) is 5.16. The molecule has 0 aliphatic carbocycles. The first kappa shape index (κ1) is 18.2. The number of carbonyl (C=O) groups excluding carboxylic acids is 1. The van der Waals surface area contributed by atoms with E-state index in [1.54, 1.807) is 30.3 Å². The Labute approximate surface area is 167 Å². The molecule has 0 saturated carbocycles. The molecule has 142 valence electrons. The largest absolute Gasteiger partial charge is 0.508 e. The van der Waals surface area contributed by atoms with Gasteiger partial charge in [0.2, 0.25) is 0 Å². The number of aromatic hydroxyl groups is 1. The predicted molar refractivity (Wildman–Crippen MR) is 113 cm³/mol. The molecular formula is C23H18N4O2. The normalized spacial score (nSPS) is 10.9. The van der Waals surface area contributed by atoms with Crippen LogP contribution in [0.1, 0.15) is 16.1 Å². The Hall–Kier alpha value is -4.19. The van der Waals surface area contributed by atoms with Crippen molar-refractivity contribution in [3.05, 3.63) is 96.2 Å². The average Bonchev–Trinajstić information content (AvgIpc) is 3.25.